The highest BCUT2D eigenvalue weighted by Gasteiger charge is 2.37. The number of aromatic nitrogens is 3. The maximum Gasteiger partial charge on any atom is 0.254 e. The van der Waals surface area contributed by atoms with E-state index in [9.17, 15) is 15.0 Å². The van der Waals surface area contributed by atoms with Gasteiger partial charge in [-0.3, -0.25) is 14.6 Å². The molecule has 3 aliphatic rings. The molecule has 5 heterocycles. The number of likely N-dealkylation sites (tertiary alicyclic amines) is 2. The van der Waals surface area contributed by atoms with E-state index in [1.165, 1.54) is 0 Å². The molecular weight excluding hydrogens is 619 g/mol. The second-order valence-corrected chi connectivity index (χ2v) is 13.3. The number of ether oxygens (including phenoxy) is 1. The van der Waals surface area contributed by atoms with Crippen molar-refractivity contribution in [1.82, 2.24) is 30.1 Å². The molecule has 1 aromatic carbocycles. The Labute approximate surface area is 280 Å². The van der Waals surface area contributed by atoms with Crippen LogP contribution in [0.25, 0.3) is 11.3 Å². The first-order valence-corrected chi connectivity index (χ1v) is 17.0. The van der Waals surface area contributed by atoms with E-state index in [2.05, 4.69) is 35.4 Å². The Kier molecular flexibility index (Phi) is 10.6. The number of benzene rings is 1. The maximum absolute atomic E-state index is 15.6. The van der Waals surface area contributed by atoms with Crippen LogP contribution in [-0.2, 0) is 4.79 Å². The summed E-state index contributed by atoms with van der Waals surface area (Å²) in [6.45, 7) is 9.71. The summed E-state index contributed by atoms with van der Waals surface area (Å²) in [5, 5.41) is 36.0. The van der Waals surface area contributed by atoms with Crippen molar-refractivity contribution >= 4 is 17.4 Å². The van der Waals surface area contributed by atoms with Crippen LogP contribution in [-0.4, -0.2) is 137 Å². The second-order valence-electron chi connectivity index (χ2n) is 13.3. The second kappa shape index (κ2) is 15.0. The first-order chi connectivity index (χ1) is 23.2. The van der Waals surface area contributed by atoms with Crippen LogP contribution in [0.1, 0.15) is 38.4 Å². The van der Waals surface area contributed by atoms with Gasteiger partial charge in [0.05, 0.1) is 17.5 Å². The summed E-state index contributed by atoms with van der Waals surface area (Å²) in [4.78, 5) is 21.4. The lowest BCUT2D eigenvalue weighted by molar-refractivity contribution is -0.133. The Morgan fingerprint density at radius 2 is 1.88 bits per heavy atom. The van der Waals surface area contributed by atoms with E-state index in [1.54, 1.807) is 23.1 Å². The molecule has 0 aliphatic carbocycles. The first-order valence-electron chi connectivity index (χ1n) is 17.0. The van der Waals surface area contributed by atoms with Crippen LogP contribution in [0, 0.1) is 5.92 Å². The van der Waals surface area contributed by atoms with Gasteiger partial charge in [0.15, 0.2) is 11.6 Å². The number of phenolic OH excluding ortho intramolecular Hbond substituents is 1. The number of anilines is 2. The number of amides is 1. The summed E-state index contributed by atoms with van der Waals surface area (Å²) >= 11 is 0. The van der Waals surface area contributed by atoms with Crippen LogP contribution in [0.15, 0.2) is 40.9 Å². The standard InChI is InChI=1S/C34H47FN8O5/c1-22(2)32(34(46)43-11-8-23(44)20-43)30-19-31(39-48-30)47-17-16-40-10-9-27(25(35)21-40)41-12-14-42(15-13-41)28-18-26(37-38-33(28)36-3)24-6-4-5-7-29(24)45/h4-7,18-19,22-23,25,27,32,44-45H,8-17,20-21H2,1-3H3,(H,36,38)/t23-,25?,27?,32-/m1/s1. The third-order valence-electron chi connectivity index (χ3n) is 9.78. The molecule has 0 bridgehead atoms. The predicted octanol–water partition coefficient (Wildman–Crippen LogP) is 2.83. The number of carbonyl (C=O) groups excluding carboxylic acids is 1. The lowest BCUT2D eigenvalue weighted by Gasteiger charge is -2.44. The first kappa shape index (κ1) is 33.9. The highest BCUT2D eigenvalue weighted by molar-refractivity contribution is 5.83. The van der Waals surface area contributed by atoms with Gasteiger partial charge in [0.25, 0.3) is 5.88 Å². The molecule has 1 amide bonds. The van der Waals surface area contributed by atoms with Gasteiger partial charge in [-0.2, -0.15) is 0 Å². The number of phenols is 1. The number of hydrogen-bond donors (Lipinski definition) is 3. The number of nitrogens with one attached hydrogen (secondary N) is 1. The third kappa shape index (κ3) is 7.50. The lowest BCUT2D eigenvalue weighted by atomic mass is 9.92. The molecule has 0 saturated carbocycles. The average Bonchev–Trinajstić information content (AvgIpc) is 3.74. The van der Waals surface area contributed by atoms with Gasteiger partial charge in [0.1, 0.15) is 24.4 Å². The summed E-state index contributed by atoms with van der Waals surface area (Å²) < 4.78 is 27.0. The highest BCUT2D eigenvalue weighted by atomic mass is 19.1. The Balaban J connectivity index is 0.972. The normalized spacial score (nSPS) is 23.1. The van der Waals surface area contributed by atoms with Crippen molar-refractivity contribution in [2.24, 2.45) is 5.92 Å². The molecule has 2 aromatic heterocycles. The molecule has 48 heavy (non-hydrogen) atoms. The van der Waals surface area contributed by atoms with E-state index >= 15 is 4.39 Å². The number of para-hydroxylation sites is 1. The minimum atomic E-state index is -0.978. The van der Waals surface area contributed by atoms with Crippen LogP contribution < -0.4 is 15.0 Å². The van der Waals surface area contributed by atoms with E-state index in [0.29, 0.717) is 67.9 Å². The van der Waals surface area contributed by atoms with E-state index in [1.807, 2.05) is 39.1 Å². The number of hydrogen-bond acceptors (Lipinski definition) is 12. The minimum absolute atomic E-state index is 0.0110. The van der Waals surface area contributed by atoms with E-state index < -0.39 is 18.2 Å². The topological polar surface area (TPSA) is 144 Å². The fourth-order valence-corrected chi connectivity index (χ4v) is 7.13. The van der Waals surface area contributed by atoms with Crippen molar-refractivity contribution in [2.75, 3.05) is 82.8 Å². The molecular formula is C34H47FN8O5. The molecule has 3 saturated heterocycles. The van der Waals surface area contributed by atoms with Crippen molar-refractivity contribution in [1.29, 1.82) is 0 Å². The van der Waals surface area contributed by atoms with Crippen molar-refractivity contribution in [3.8, 4) is 22.9 Å². The van der Waals surface area contributed by atoms with E-state index in [0.717, 1.165) is 44.8 Å². The fourth-order valence-electron chi connectivity index (χ4n) is 7.13. The number of aliphatic hydroxyl groups excluding tert-OH is 1. The molecule has 3 N–H and O–H groups in total. The van der Waals surface area contributed by atoms with Crippen molar-refractivity contribution in [3.05, 3.63) is 42.2 Å². The number of alkyl halides is 1. The largest absolute Gasteiger partial charge is 0.507 e. The van der Waals surface area contributed by atoms with Gasteiger partial charge < -0.3 is 34.6 Å². The average molecular weight is 667 g/mol. The molecule has 13 nitrogen and oxygen atoms in total. The molecule has 3 fully saturated rings. The van der Waals surface area contributed by atoms with Gasteiger partial charge in [-0.15, -0.1) is 10.2 Å². The summed E-state index contributed by atoms with van der Waals surface area (Å²) in [6.07, 6.45) is -0.146. The number of nitrogens with zero attached hydrogens (tertiary/aromatic N) is 7. The Bertz CT molecular complexity index is 1530. The Morgan fingerprint density at radius 1 is 1.08 bits per heavy atom. The molecule has 0 spiro atoms. The van der Waals surface area contributed by atoms with Gasteiger partial charge in [-0.05, 0) is 48.7 Å². The highest BCUT2D eigenvalue weighted by Crippen LogP contribution is 2.34. The lowest BCUT2D eigenvalue weighted by Crippen LogP contribution is -2.58. The number of β-amino-alcohol motifs (C(OH)–C–C–N with tert-alkyl or cyclic N) is 1. The SMILES string of the molecule is CNc1nnc(-c2ccccc2O)cc1N1CCN(C2CCN(CCOc3cc([C@H](C(=O)N4CC[C@@H](O)C4)C(C)C)on3)CC2F)CC1. The van der Waals surface area contributed by atoms with Crippen LogP contribution in [0.4, 0.5) is 15.9 Å². The summed E-state index contributed by atoms with van der Waals surface area (Å²) in [5.41, 5.74) is 2.14. The quantitative estimate of drug-likeness (QED) is 0.277. The number of piperidine rings is 1. The van der Waals surface area contributed by atoms with Gasteiger partial charge >= 0.3 is 0 Å². The number of aromatic hydroxyl groups is 1. The van der Waals surface area contributed by atoms with Crippen LogP contribution in [0.2, 0.25) is 0 Å². The number of aliphatic hydroxyl groups is 1. The number of carbonyl (C=O) groups is 1. The predicted molar refractivity (Wildman–Crippen MR) is 179 cm³/mol. The van der Waals surface area contributed by atoms with Crippen LogP contribution in [0.5, 0.6) is 11.6 Å². The van der Waals surface area contributed by atoms with Crippen LogP contribution >= 0.6 is 0 Å². The minimum Gasteiger partial charge on any atom is -0.507 e. The van der Waals surface area contributed by atoms with Gasteiger partial charge in [-0.25, -0.2) is 4.39 Å². The molecule has 4 atom stereocenters. The number of piperazine rings is 1. The third-order valence-corrected chi connectivity index (χ3v) is 9.78. The summed E-state index contributed by atoms with van der Waals surface area (Å²) in [5.74, 6) is 1.01. The van der Waals surface area contributed by atoms with Crippen molar-refractivity contribution in [3.63, 3.8) is 0 Å². The van der Waals surface area contributed by atoms with Gasteiger partial charge in [-0.1, -0.05) is 26.0 Å². The monoisotopic (exact) mass is 666 g/mol. The molecule has 2 unspecified atom stereocenters. The van der Waals surface area contributed by atoms with Crippen LogP contribution in [0.3, 0.4) is 0 Å². The molecule has 260 valence electrons. The summed E-state index contributed by atoms with van der Waals surface area (Å²) in [6, 6.07) is 10.6. The maximum atomic E-state index is 15.6. The zero-order chi connectivity index (χ0) is 33.8. The fraction of sp³-hybridized carbons (Fsp3) is 0.588. The van der Waals surface area contributed by atoms with Gasteiger partial charge in [0, 0.05) is 77.1 Å². The van der Waals surface area contributed by atoms with Crippen molar-refractivity contribution < 1.29 is 28.7 Å². The van der Waals surface area contributed by atoms with E-state index in [4.69, 9.17) is 9.26 Å². The molecule has 14 heteroatoms. The molecule has 0 radical (unpaired) electrons. The zero-order valence-corrected chi connectivity index (χ0v) is 28.0. The Morgan fingerprint density at radius 3 is 2.56 bits per heavy atom. The van der Waals surface area contributed by atoms with E-state index in [-0.39, 0.29) is 23.6 Å². The zero-order valence-electron chi connectivity index (χ0n) is 28.0. The summed E-state index contributed by atoms with van der Waals surface area (Å²) in [7, 11) is 1.81. The number of halogens is 1. The smallest absolute Gasteiger partial charge is 0.254 e. The number of rotatable bonds is 11. The molecule has 6 rings (SSSR count). The van der Waals surface area contributed by atoms with Crippen molar-refractivity contribution in [2.45, 2.75) is 50.9 Å². The molecule has 3 aliphatic heterocycles. The van der Waals surface area contributed by atoms with Gasteiger partial charge in [0.2, 0.25) is 5.91 Å². The molecule has 3 aromatic rings. The Hall–Kier alpha value is -4.01.